The second-order valence-corrected chi connectivity index (χ2v) is 6.23. The summed E-state index contributed by atoms with van der Waals surface area (Å²) >= 11 is 1.76. The molecule has 0 saturated carbocycles. The number of nitrogens with zero attached hydrogens (tertiary/aromatic N) is 1. The Balaban J connectivity index is 1.89. The van der Waals surface area contributed by atoms with Gasteiger partial charge in [0.2, 0.25) is 0 Å². The fourth-order valence-corrected chi connectivity index (χ4v) is 3.46. The van der Waals surface area contributed by atoms with Crippen LogP contribution in [0.5, 0.6) is 0 Å². The lowest BCUT2D eigenvalue weighted by molar-refractivity contribution is 0.462. The number of rotatable bonds is 3. The normalized spacial score (nSPS) is 19.4. The zero-order chi connectivity index (χ0) is 13.9. The van der Waals surface area contributed by atoms with Crippen LogP contribution in [0, 0.1) is 0 Å². The van der Waals surface area contributed by atoms with Crippen molar-refractivity contribution in [2.75, 3.05) is 6.26 Å². The van der Waals surface area contributed by atoms with Gasteiger partial charge >= 0.3 is 0 Å². The molecule has 0 radical (unpaired) electrons. The van der Waals surface area contributed by atoms with Gasteiger partial charge in [0.05, 0.1) is 0 Å². The predicted molar refractivity (Wildman–Crippen MR) is 85.1 cm³/mol. The molecule has 1 aromatic carbocycles. The maximum atomic E-state index is 6.53. The van der Waals surface area contributed by atoms with E-state index in [2.05, 4.69) is 41.6 Å². The van der Waals surface area contributed by atoms with Crippen molar-refractivity contribution in [3.63, 3.8) is 0 Å². The highest BCUT2D eigenvalue weighted by Gasteiger charge is 2.27. The minimum atomic E-state index is 0.0415. The number of aromatic nitrogens is 1. The van der Waals surface area contributed by atoms with Crippen LogP contribution < -0.4 is 5.73 Å². The molecule has 3 rings (SSSR count). The van der Waals surface area contributed by atoms with Crippen LogP contribution in [0.4, 0.5) is 0 Å². The van der Waals surface area contributed by atoms with Gasteiger partial charge in [0, 0.05) is 28.7 Å². The third-order valence-electron chi connectivity index (χ3n) is 4.17. The number of pyridine rings is 1. The molecule has 2 N–H and O–H groups in total. The standard InChI is InChI=1S/C17H20N2S/c1-20-14-9-7-12(8-10-14)16(18)15-6-2-4-13-5-3-11-19-17(13)15/h3,5,7-11,15-16H,2,4,6,18H2,1H3. The van der Waals surface area contributed by atoms with Gasteiger partial charge in [0.1, 0.15) is 0 Å². The Hall–Kier alpha value is -1.32. The molecule has 3 heteroatoms. The van der Waals surface area contributed by atoms with Gasteiger partial charge in [-0.2, -0.15) is 0 Å². The van der Waals surface area contributed by atoms with E-state index in [1.54, 1.807) is 11.8 Å². The number of aryl methyl sites for hydroxylation is 1. The van der Waals surface area contributed by atoms with E-state index in [4.69, 9.17) is 5.73 Å². The maximum absolute atomic E-state index is 6.53. The summed E-state index contributed by atoms with van der Waals surface area (Å²) < 4.78 is 0. The first-order valence-corrected chi connectivity index (χ1v) is 8.35. The van der Waals surface area contributed by atoms with Crippen molar-refractivity contribution in [2.24, 2.45) is 5.73 Å². The first-order chi connectivity index (χ1) is 9.79. The first-order valence-electron chi connectivity index (χ1n) is 7.13. The molecule has 0 spiro atoms. The lowest BCUT2D eigenvalue weighted by Crippen LogP contribution is -2.24. The van der Waals surface area contributed by atoms with Crippen molar-refractivity contribution in [3.05, 3.63) is 59.4 Å². The van der Waals surface area contributed by atoms with E-state index in [-0.39, 0.29) is 6.04 Å². The van der Waals surface area contributed by atoms with Gasteiger partial charge in [-0.3, -0.25) is 4.98 Å². The summed E-state index contributed by atoms with van der Waals surface area (Å²) in [5.41, 5.74) is 10.3. The van der Waals surface area contributed by atoms with Gasteiger partial charge in [0.25, 0.3) is 0 Å². The fraction of sp³-hybridized carbons (Fsp3) is 0.353. The summed E-state index contributed by atoms with van der Waals surface area (Å²) in [6.45, 7) is 0. The number of thioether (sulfide) groups is 1. The molecule has 1 aliphatic rings. The molecule has 2 aromatic rings. The van der Waals surface area contributed by atoms with E-state index < -0.39 is 0 Å². The topological polar surface area (TPSA) is 38.9 Å². The second-order valence-electron chi connectivity index (χ2n) is 5.35. The summed E-state index contributed by atoms with van der Waals surface area (Å²) in [4.78, 5) is 5.88. The quantitative estimate of drug-likeness (QED) is 0.868. The van der Waals surface area contributed by atoms with Crippen LogP contribution in [-0.4, -0.2) is 11.2 Å². The van der Waals surface area contributed by atoms with Gasteiger partial charge in [-0.1, -0.05) is 18.2 Å². The highest BCUT2D eigenvalue weighted by molar-refractivity contribution is 7.98. The molecular formula is C17H20N2S. The maximum Gasteiger partial charge on any atom is 0.0485 e. The summed E-state index contributed by atoms with van der Waals surface area (Å²) in [5, 5.41) is 0. The van der Waals surface area contributed by atoms with Crippen molar-refractivity contribution >= 4 is 11.8 Å². The number of hydrogen-bond acceptors (Lipinski definition) is 3. The monoisotopic (exact) mass is 284 g/mol. The fourth-order valence-electron chi connectivity index (χ4n) is 3.05. The average molecular weight is 284 g/mol. The molecule has 2 unspecified atom stereocenters. The van der Waals surface area contributed by atoms with Crippen LogP contribution in [0.1, 0.15) is 41.6 Å². The summed E-state index contributed by atoms with van der Waals surface area (Å²) in [6, 6.07) is 12.9. The van der Waals surface area contributed by atoms with Crippen molar-refractivity contribution in [1.29, 1.82) is 0 Å². The van der Waals surface area contributed by atoms with E-state index >= 15 is 0 Å². The second kappa shape index (κ2) is 5.98. The number of fused-ring (bicyclic) bond motifs is 1. The molecule has 20 heavy (non-hydrogen) atoms. The van der Waals surface area contributed by atoms with Gasteiger partial charge in [-0.25, -0.2) is 0 Å². The van der Waals surface area contributed by atoms with Gasteiger partial charge in [-0.05, 0) is 54.8 Å². The Morgan fingerprint density at radius 2 is 2.05 bits per heavy atom. The molecular weight excluding hydrogens is 264 g/mol. The summed E-state index contributed by atoms with van der Waals surface area (Å²) in [6.07, 6.45) is 7.46. The minimum absolute atomic E-state index is 0.0415. The van der Waals surface area contributed by atoms with E-state index in [1.165, 1.54) is 28.1 Å². The van der Waals surface area contributed by atoms with Gasteiger partial charge < -0.3 is 5.73 Å². The Bertz CT molecular complexity index is 580. The number of hydrogen-bond donors (Lipinski definition) is 1. The van der Waals surface area contributed by atoms with Crippen LogP contribution in [-0.2, 0) is 6.42 Å². The average Bonchev–Trinajstić information content (AvgIpc) is 2.54. The Morgan fingerprint density at radius 1 is 1.25 bits per heavy atom. The first kappa shape index (κ1) is 13.7. The molecule has 0 saturated heterocycles. The van der Waals surface area contributed by atoms with Crippen molar-refractivity contribution in [1.82, 2.24) is 4.98 Å². The van der Waals surface area contributed by atoms with Crippen molar-refractivity contribution in [2.45, 2.75) is 36.1 Å². The van der Waals surface area contributed by atoms with Crippen molar-refractivity contribution in [3.8, 4) is 0 Å². The van der Waals surface area contributed by atoms with Crippen molar-refractivity contribution < 1.29 is 0 Å². The molecule has 0 bridgehead atoms. The molecule has 0 fully saturated rings. The molecule has 104 valence electrons. The third-order valence-corrected chi connectivity index (χ3v) is 4.92. The largest absolute Gasteiger partial charge is 0.323 e. The van der Waals surface area contributed by atoms with E-state index in [0.717, 1.165) is 12.8 Å². The molecule has 1 aromatic heterocycles. The van der Waals surface area contributed by atoms with E-state index in [9.17, 15) is 0 Å². The summed E-state index contributed by atoms with van der Waals surface area (Å²) in [5.74, 6) is 0.347. The molecule has 1 aliphatic carbocycles. The van der Waals surface area contributed by atoms with Crippen LogP contribution >= 0.6 is 11.8 Å². The lowest BCUT2D eigenvalue weighted by Gasteiger charge is -2.29. The zero-order valence-corrected chi connectivity index (χ0v) is 12.6. The lowest BCUT2D eigenvalue weighted by atomic mass is 9.80. The predicted octanol–water partition coefficient (Wildman–Crippen LogP) is 3.92. The Labute approximate surface area is 124 Å². The molecule has 1 heterocycles. The molecule has 0 amide bonds. The van der Waals surface area contributed by atoms with Crippen LogP contribution in [0.15, 0.2) is 47.5 Å². The summed E-state index contributed by atoms with van der Waals surface area (Å²) in [7, 11) is 0. The Kier molecular flexibility index (Phi) is 4.08. The molecule has 2 nitrogen and oxygen atoms in total. The van der Waals surface area contributed by atoms with Gasteiger partial charge in [-0.15, -0.1) is 11.8 Å². The SMILES string of the molecule is CSc1ccc(C(N)C2CCCc3cccnc32)cc1. The molecule has 2 atom stereocenters. The highest BCUT2D eigenvalue weighted by atomic mass is 32.2. The van der Waals surface area contributed by atoms with E-state index in [1.807, 2.05) is 12.3 Å². The minimum Gasteiger partial charge on any atom is -0.323 e. The van der Waals surface area contributed by atoms with Gasteiger partial charge in [0.15, 0.2) is 0 Å². The Morgan fingerprint density at radius 3 is 2.80 bits per heavy atom. The van der Waals surface area contributed by atoms with Crippen LogP contribution in [0.25, 0.3) is 0 Å². The van der Waals surface area contributed by atoms with E-state index in [0.29, 0.717) is 5.92 Å². The zero-order valence-electron chi connectivity index (χ0n) is 11.8. The third kappa shape index (κ3) is 2.60. The smallest absolute Gasteiger partial charge is 0.0485 e. The highest BCUT2D eigenvalue weighted by Crippen LogP contribution is 2.38. The van der Waals surface area contributed by atoms with Crippen LogP contribution in [0.3, 0.4) is 0 Å². The number of nitrogens with two attached hydrogens (primary N) is 1. The number of benzene rings is 1. The molecule has 0 aliphatic heterocycles. The van der Waals surface area contributed by atoms with Crippen LogP contribution in [0.2, 0.25) is 0 Å².